The normalized spacial score (nSPS) is 11.5. The van der Waals surface area contributed by atoms with E-state index in [9.17, 15) is 55.8 Å². The van der Waals surface area contributed by atoms with Gasteiger partial charge >= 0.3 is 11.9 Å². The molecule has 58 heavy (non-hydrogen) atoms. The van der Waals surface area contributed by atoms with Gasteiger partial charge in [0.25, 0.3) is 11.4 Å². The number of likely N-dealkylation sites (N-methyl/N-ethyl adjacent to an activating group) is 2. The van der Waals surface area contributed by atoms with E-state index in [0.29, 0.717) is 24.3 Å². The zero-order valence-corrected chi connectivity index (χ0v) is 34.0. The van der Waals surface area contributed by atoms with E-state index >= 15 is 0 Å². The van der Waals surface area contributed by atoms with Crippen LogP contribution in [0.1, 0.15) is 33.6 Å². The summed E-state index contributed by atoms with van der Waals surface area (Å²) in [5, 5.41) is 20.4. The van der Waals surface area contributed by atoms with Crippen molar-refractivity contribution >= 4 is 43.5 Å². The van der Waals surface area contributed by atoms with Gasteiger partial charge < -0.3 is 27.5 Å². The van der Waals surface area contributed by atoms with Gasteiger partial charge in [-0.15, -0.1) is 0 Å². The van der Waals surface area contributed by atoms with Crippen LogP contribution in [0.15, 0.2) is 119 Å². The zero-order valence-electron chi connectivity index (χ0n) is 32.4. The maximum absolute atomic E-state index is 12.0. The molecule has 0 heterocycles. The van der Waals surface area contributed by atoms with E-state index < -0.39 is 51.2 Å². The minimum Gasteiger partial charge on any atom is -0.744 e. The van der Waals surface area contributed by atoms with Crippen LogP contribution in [0.3, 0.4) is 0 Å². The van der Waals surface area contributed by atoms with Crippen molar-refractivity contribution in [3.05, 3.63) is 141 Å². The number of benzene rings is 4. The molecule has 20 heteroatoms. The Morgan fingerprint density at radius 3 is 1.16 bits per heavy atom. The number of ether oxygens (including phenoxy) is 2. The Morgan fingerprint density at radius 1 is 0.534 bits per heavy atom. The van der Waals surface area contributed by atoms with Crippen molar-refractivity contribution in [1.29, 1.82) is 0 Å². The predicted octanol–water partition coefficient (Wildman–Crippen LogP) is 4.63. The Balaban J connectivity index is 0.000000363. The summed E-state index contributed by atoms with van der Waals surface area (Å²) in [6, 6.07) is 26.2. The lowest BCUT2D eigenvalue weighted by Crippen LogP contribution is -2.45. The van der Waals surface area contributed by atoms with Crippen LogP contribution >= 0.6 is 0 Å². The van der Waals surface area contributed by atoms with Crippen LogP contribution < -0.4 is 0 Å². The fourth-order valence-electron chi connectivity index (χ4n) is 4.89. The second-order valence-corrected chi connectivity index (χ2v) is 16.7. The highest BCUT2D eigenvalue weighted by Crippen LogP contribution is 2.17. The second kappa shape index (κ2) is 22.3. The first-order valence-corrected chi connectivity index (χ1v) is 20.3. The lowest BCUT2D eigenvalue weighted by Gasteiger charge is -2.32. The van der Waals surface area contributed by atoms with Crippen LogP contribution in [0.2, 0.25) is 0 Å². The smallest absolute Gasteiger partial charge is 0.338 e. The van der Waals surface area contributed by atoms with Gasteiger partial charge in [-0.25, -0.2) is 26.4 Å². The van der Waals surface area contributed by atoms with E-state index in [4.69, 9.17) is 9.47 Å². The summed E-state index contributed by atoms with van der Waals surface area (Å²) >= 11 is 0. The number of esters is 2. The van der Waals surface area contributed by atoms with Crippen molar-refractivity contribution in [2.75, 3.05) is 67.6 Å². The summed E-state index contributed by atoms with van der Waals surface area (Å²) in [5.41, 5.74) is 0.341. The Bertz CT molecular complexity index is 2050. The predicted molar refractivity (Wildman–Crippen MR) is 208 cm³/mol. The maximum atomic E-state index is 12.0. The number of unbranched alkanes of at least 4 members (excludes halogenated alkanes) is 1. The molecule has 0 spiro atoms. The highest BCUT2D eigenvalue weighted by molar-refractivity contribution is 7.86. The minimum atomic E-state index is -4.61. The lowest BCUT2D eigenvalue weighted by atomic mass is 10.2. The molecule has 0 fully saturated rings. The molecule has 0 bridgehead atoms. The Hall–Kier alpha value is -5.64. The van der Waals surface area contributed by atoms with E-state index in [1.807, 2.05) is 36.4 Å². The van der Waals surface area contributed by atoms with Crippen molar-refractivity contribution in [3.8, 4) is 0 Å². The first-order valence-electron chi connectivity index (χ1n) is 17.5. The molecule has 0 N–H and O–H groups in total. The van der Waals surface area contributed by atoms with E-state index in [1.165, 1.54) is 0 Å². The van der Waals surface area contributed by atoms with Gasteiger partial charge in [-0.05, 0) is 36.4 Å². The molecule has 0 saturated heterocycles. The summed E-state index contributed by atoms with van der Waals surface area (Å²) < 4.78 is 75.0. The number of rotatable bonds is 17. The summed E-state index contributed by atoms with van der Waals surface area (Å²) in [7, 11) is -0.562. The SMILES string of the molecule is C[N+](C)(CCCC[N+](C)(C)CCOC(=O)c1ccccc1)CCOC(=O)c1ccccc1.O=[N+]([O-])c1cccc(S(=O)(=O)[O-])c1.O=[N+]([O-])c1cccc(S(=O)(=O)[O-])c1. The molecule has 0 unspecified atom stereocenters. The molecular formula is C38H46N4O14S2. The monoisotopic (exact) mass is 846 g/mol. The molecular weight excluding hydrogens is 801 g/mol. The average Bonchev–Trinajstić information content (AvgIpc) is 3.17. The van der Waals surface area contributed by atoms with Crippen molar-refractivity contribution in [2.24, 2.45) is 0 Å². The quantitative estimate of drug-likeness (QED) is 0.0351. The fraction of sp³-hybridized carbons (Fsp3) is 0.316. The van der Waals surface area contributed by atoms with Gasteiger partial charge in [0, 0.05) is 37.1 Å². The maximum Gasteiger partial charge on any atom is 0.338 e. The third-order valence-electron chi connectivity index (χ3n) is 8.29. The van der Waals surface area contributed by atoms with Crippen molar-refractivity contribution in [1.82, 2.24) is 0 Å². The Morgan fingerprint density at radius 2 is 0.862 bits per heavy atom. The molecule has 0 atom stereocenters. The first-order chi connectivity index (χ1) is 27.0. The van der Waals surface area contributed by atoms with E-state index in [2.05, 4.69) is 28.2 Å². The molecule has 4 aromatic rings. The first kappa shape index (κ1) is 48.5. The fourth-order valence-corrected chi connectivity index (χ4v) is 5.92. The van der Waals surface area contributed by atoms with Crippen LogP contribution in [0.5, 0.6) is 0 Å². The molecule has 0 aliphatic rings. The van der Waals surface area contributed by atoms with Gasteiger partial charge in [0.15, 0.2) is 0 Å². The summed E-state index contributed by atoms with van der Waals surface area (Å²) in [5.74, 6) is -0.532. The van der Waals surface area contributed by atoms with Gasteiger partial charge in [-0.2, -0.15) is 0 Å². The topological polar surface area (TPSA) is 253 Å². The number of carbonyl (C=O) groups is 2. The van der Waals surface area contributed by atoms with Crippen molar-refractivity contribution < 1.29 is 63.8 Å². The molecule has 314 valence electrons. The van der Waals surface area contributed by atoms with E-state index in [-0.39, 0.29) is 11.9 Å². The molecule has 0 aromatic heterocycles. The van der Waals surface area contributed by atoms with Crippen LogP contribution in [0, 0.1) is 20.2 Å². The minimum absolute atomic E-state index is 0.266. The highest BCUT2D eigenvalue weighted by Gasteiger charge is 2.20. The molecule has 0 saturated carbocycles. The largest absolute Gasteiger partial charge is 0.744 e. The van der Waals surface area contributed by atoms with Gasteiger partial charge in [-0.1, -0.05) is 48.5 Å². The van der Waals surface area contributed by atoms with Crippen molar-refractivity contribution in [2.45, 2.75) is 22.6 Å². The molecule has 0 aliphatic carbocycles. The second-order valence-electron chi connectivity index (χ2n) is 13.9. The van der Waals surface area contributed by atoms with Gasteiger partial charge in [0.1, 0.15) is 46.5 Å². The molecule has 18 nitrogen and oxygen atoms in total. The van der Waals surface area contributed by atoms with Crippen LogP contribution in [0.4, 0.5) is 11.4 Å². The molecule has 0 amide bonds. The molecule has 0 radical (unpaired) electrons. The molecule has 4 aromatic carbocycles. The van der Waals surface area contributed by atoms with E-state index in [0.717, 1.165) is 96.5 Å². The Kier molecular flexibility index (Phi) is 18.7. The number of non-ortho nitro benzene ring substituents is 2. The van der Waals surface area contributed by atoms with Crippen molar-refractivity contribution in [3.63, 3.8) is 0 Å². The molecule has 4 rings (SSSR count). The number of quaternary nitrogens is 2. The van der Waals surface area contributed by atoms with Gasteiger partial charge in [0.2, 0.25) is 0 Å². The third kappa shape index (κ3) is 18.5. The summed E-state index contributed by atoms with van der Waals surface area (Å²) in [6.07, 6.45) is 2.18. The van der Waals surface area contributed by atoms with Gasteiger partial charge in [-0.3, -0.25) is 20.2 Å². The number of nitrogens with zero attached hydrogens (tertiary/aromatic N) is 4. The number of nitro benzene ring substituents is 2. The number of nitro groups is 2. The van der Waals surface area contributed by atoms with Crippen LogP contribution in [0.25, 0.3) is 0 Å². The summed E-state index contributed by atoms with van der Waals surface area (Å²) in [6.45, 7) is 4.43. The number of carbonyl (C=O) groups excluding carboxylic acids is 2. The molecule has 0 aliphatic heterocycles. The average molecular weight is 847 g/mol. The highest BCUT2D eigenvalue weighted by atomic mass is 32.2. The third-order valence-corrected chi connectivity index (χ3v) is 9.95. The Labute approximate surface area is 337 Å². The van der Waals surface area contributed by atoms with E-state index in [1.54, 1.807) is 24.3 Å². The number of hydrogen-bond donors (Lipinski definition) is 0. The standard InChI is InChI=1S/C26H38N2O4.2C6H5NO5S/c1-27(2,19-21-31-25(29)23-13-7-5-8-14-23)17-11-12-18-28(3,4)20-22-32-26(30)24-15-9-6-10-16-24;2*8-7(9)5-2-1-3-6(4-5)13(10,11)12/h5-10,13-16H,11-12,17-22H2,1-4H3;2*1-4H,(H,10,11,12)/q+2;;/p-2. The van der Waals surface area contributed by atoms with Crippen LogP contribution in [-0.2, 0) is 29.7 Å². The zero-order chi connectivity index (χ0) is 43.6. The lowest BCUT2D eigenvalue weighted by molar-refractivity contribution is -0.897. The number of hydrogen-bond acceptors (Lipinski definition) is 14. The summed E-state index contributed by atoms with van der Waals surface area (Å²) in [4.78, 5) is 41.7. The van der Waals surface area contributed by atoms with Crippen LogP contribution in [-0.4, -0.2) is 124 Å². The van der Waals surface area contributed by atoms with Gasteiger partial charge in [0.05, 0.1) is 72.0 Å².